The van der Waals surface area contributed by atoms with Gasteiger partial charge < -0.3 is 5.32 Å². The molecule has 0 unspecified atom stereocenters. The highest BCUT2D eigenvalue weighted by Crippen LogP contribution is 2.18. The summed E-state index contributed by atoms with van der Waals surface area (Å²) in [4.78, 5) is 8.50. The van der Waals surface area contributed by atoms with Gasteiger partial charge in [0.2, 0.25) is 10.0 Å². The number of aromatic nitrogens is 2. The van der Waals surface area contributed by atoms with Crippen LogP contribution in [-0.2, 0) is 10.0 Å². The third-order valence-electron chi connectivity index (χ3n) is 3.37. The fourth-order valence-electron chi connectivity index (χ4n) is 2.22. The van der Waals surface area contributed by atoms with Crippen molar-refractivity contribution >= 4 is 22.4 Å². The number of halogens is 1. The van der Waals surface area contributed by atoms with E-state index in [-0.39, 0.29) is 17.3 Å². The van der Waals surface area contributed by atoms with Crippen molar-refractivity contribution in [1.29, 1.82) is 0 Å². The summed E-state index contributed by atoms with van der Waals surface area (Å²) < 4.78 is 26.4. The second-order valence-electron chi connectivity index (χ2n) is 4.76. The smallest absolute Gasteiger partial charge is 0.246 e. The van der Waals surface area contributed by atoms with Gasteiger partial charge in [0.05, 0.1) is 12.4 Å². The quantitative estimate of drug-likeness (QED) is 0.907. The molecule has 0 bridgehead atoms. The first-order chi connectivity index (χ1) is 10.2. The van der Waals surface area contributed by atoms with Crippen LogP contribution in [0.2, 0.25) is 0 Å². The van der Waals surface area contributed by atoms with E-state index in [4.69, 9.17) is 0 Å². The van der Waals surface area contributed by atoms with Crippen LogP contribution in [-0.4, -0.2) is 48.9 Å². The second kappa shape index (κ2) is 7.15. The summed E-state index contributed by atoms with van der Waals surface area (Å²) in [5.41, 5.74) is 0.864. The van der Waals surface area contributed by atoms with Gasteiger partial charge in [-0.15, -0.1) is 12.4 Å². The highest BCUT2D eigenvalue weighted by molar-refractivity contribution is 7.89. The predicted octanol–water partition coefficient (Wildman–Crippen LogP) is 1.16. The molecule has 0 amide bonds. The van der Waals surface area contributed by atoms with Crippen LogP contribution in [0.5, 0.6) is 0 Å². The number of sulfonamides is 1. The third-order valence-corrected chi connectivity index (χ3v) is 5.23. The van der Waals surface area contributed by atoms with E-state index in [2.05, 4.69) is 15.3 Å². The first-order valence-electron chi connectivity index (χ1n) is 6.76. The van der Waals surface area contributed by atoms with E-state index in [0.717, 1.165) is 5.56 Å². The Kier molecular flexibility index (Phi) is 5.47. The molecule has 6 nitrogen and oxygen atoms in total. The monoisotopic (exact) mass is 340 g/mol. The second-order valence-corrected chi connectivity index (χ2v) is 6.70. The van der Waals surface area contributed by atoms with Gasteiger partial charge in [-0.3, -0.25) is 0 Å². The Morgan fingerprint density at radius 2 is 1.59 bits per heavy atom. The van der Waals surface area contributed by atoms with Gasteiger partial charge >= 0.3 is 0 Å². The van der Waals surface area contributed by atoms with Crippen LogP contribution in [0, 0.1) is 0 Å². The van der Waals surface area contributed by atoms with Gasteiger partial charge in [0.1, 0.15) is 4.90 Å². The Morgan fingerprint density at radius 3 is 2.18 bits per heavy atom. The molecule has 1 aliphatic heterocycles. The first kappa shape index (κ1) is 16.8. The summed E-state index contributed by atoms with van der Waals surface area (Å²) in [5.74, 6) is 0.523. The Bertz CT molecular complexity index is 701. The standard InChI is InChI=1S/C14H16N4O2S.ClH/c19-21(20,18-8-6-15-7-9-18)13-10-16-14(17-11-13)12-4-2-1-3-5-12;/h1-5,10-11,15H,6-9H2;1H. The molecule has 2 aromatic rings. The van der Waals surface area contributed by atoms with Crippen LogP contribution in [0.1, 0.15) is 0 Å². The average molecular weight is 341 g/mol. The fraction of sp³-hybridized carbons (Fsp3) is 0.286. The molecular formula is C14H17ClN4O2S. The molecule has 1 N–H and O–H groups in total. The van der Waals surface area contributed by atoms with Crippen LogP contribution in [0.25, 0.3) is 11.4 Å². The van der Waals surface area contributed by atoms with Gasteiger partial charge in [0.25, 0.3) is 0 Å². The van der Waals surface area contributed by atoms with Crippen LogP contribution in [0.15, 0.2) is 47.6 Å². The molecule has 118 valence electrons. The average Bonchev–Trinajstić information content (AvgIpc) is 2.57. The summed E-state index contributed by atoms with van der Waals surface area (Å²) in [7, 11) is -3.49. The van der Waals surface area contributed by atoms with Gasteiger partial charge in [0, 0.05) is 31.7 Å². The Morgan fingerprint density at radius 1 is 1.00 bits per heavy atom. The zero-order chi connectivity index (χ0) is 14.7. The van der Waals surface area contributed by atoms with E-state index >= 15 is 0 Å². The number of piperazine rings is 1. The van der Waals surface area contributed by atoms with E-state index in [9.17, 15) is 8.42 Å². The summed E-state index contributed by atoms with van der Waals surface area (Å²) in [6.07, 6.45) is 2.76. The minimum absolute atomic E-state index is 0. The highest BCUT2D eigenvalue weighted by atomic mass is 35.5. The summed E-state index contributed by atoms with van der Waals surface area (Å²) in [5, 5.41) is 3.13. The van der Waals surface area contributed by atoms with Gasteiger partial charge in [-0.25, -0.2) is 18.4 Å². The highest BCUT2D eigenvalue weighted by Gasteiger charge is 2.26. The Balaban J connectivity index is 0.00000176. The lowest BCUT2D eigenvalue weighted by molar-refractivity contribution is 0.360. The minimum Gasteiger partial charge on any atom is -0.314 e. The van der Waals surface area contributed by atoms with Gasteiger partial charge in [0.15, 0.2) is 5.82 Å². The van der Waals surface area contributed by atoms with Crippen molar-refractivity contribution in [2.24, 2.45) is 0 Å². The maximum absolute atomic E-state index is 12.5. The van der Waals surface area contributed by atoms with E-state index in [1.165, 1.54) is 16.7 Å². The molecule has 0 radical (unpaired) electrons. The predicted molar refractivity (Wildman–Crippen MR) is 86.3 cm³/mol. The molecule has 2 heterocycles. The summed E-state index contributed by atoms with van der Waals surface area (Å²) in [6, 6.07) is 9.47. The zero-order valence-corrected chi connectivity index (χ0v) is 13.5. The van der Waals surface area contributed by atoms with Crippen molar-refractivity contribution in [3.63, 3.8) is 0 Å². The minimum atomic E-state index is -3.49. The molecule has 8 heteroatoms. The zero-order valence-electron chi connectivity index (χ0n) is 11.8. The van der Waals surface area contributed by atoms with E-state index in [1.807, 2.05) is 30.3 Å². The lowest BCUT2D eigenvalue weighted by atomic mass is 10.2. The Hall–Kier alpha value is -1.54. The molecule has 0 atom stereocenters. The molecule has 1 fully saturated rings. The molecule has 22 heavy (non-hydrogen) atoms. The van der Waals surface area contributed by atoms with Gasteiger partial charge in [-0.2, -0.15) is 4.31 Å². The van der Waals surface area contributed by atoms with Crippen LogP contribution < -0.4 is 5.32 Å². The molecule has 1 aliphatic rings. The van der Waals surface area contributed by atoms with Crippen LogP contribution in [0.3, 0.4) is 0 Å². The Labute approximate surface area is 136 Å². The van der Waals surface area contributed by atoms with E-state index in [1.54, 1.807) is 0 Å². The largest absolute Gasteiger partial charge is 0.314 e. The van der Waals surface area contributed by atoms with Crippen molar-refractivity contribution in [2.45, 2.75) is 4.90 Å². The number of hydrogen-bond donors (Lipinski definition) is 1. The van der Waals surface area contributed by atoms with Crippen molar-refractivity contribution < 1.29 is 8.42 Å². The number of nitrogens with one attached hydrogen (secondary N) is 1. The molecule has 1 saturated heterocycles. The van der Waals surface area contributed by atoms with Crippen molar-refractivity contribution in [2.75, 3.05) is 26.2 Å². The topological polar surface area (TPSA) is 75.2 Å². The molecule has 0 saturated carbocycles. The van der Waals surface area contributed by atoms with Crippen molar-refractivity contribution in [3.05, 3.63) is 42.7 Å². The third kappa shape index (κ3) is 3.44. The molecule has 0 aliphatic carbocycles. The number of nitrogens with zero attached hydrogens (tertiary/aromatic N) is 3. The van der Waals surface area contributed by atoms with Gasteiger partial charge in [-0.1, -0.05) is 30.3 Å². The number of benzene rings is 1. The van der Waals surface area contributed by atoms with E-state index < -0.39 is 10.0 Å². The maximum Gasteiger partial charge on any atom is 0.246 e. The lowest BCUT2D eigenvalue weighted by Gasteiger charge is -2.26. The molecule has 3 rings (SSSR count). The SMILES string of the molecule is Cl.O=S(=O)(c1cnc(-c2ccccc2)nc1)N1CCNCC1. The maximum atomic E-state index is 12.5. The number of rotatable bonds is 3. The van der Waals surface area contributed by atoms with E-state index in [0.29, 0.717) is 32.0 Å². The normalized spacial score (nSPS) is 16.0. The molecular weight excluding hydrogens is 324 g/mol. The summed E-state index contributed by atoms with van der Waals surface area (Å²) in [6.45, 7) is 2.29. The molecule has 0 spiro atoms. The van der Waals surface area contributed by atoms with Crippen LogP contribution >= 0.6 is 12.4 Å². The van der Waals surface area contributed by atoms with Gasteiger partial charge in [-0.05, 0) is 0 Å². The lowest BCUT2D eigenvalue weighted by Crippen LogP contribution is -2.46. The molecule has 1 aromatic carbocycles. The number of hydrogen-bond acceptors (Lipinski definition) is 5. The summed E-state index contributed by atoms with van der Waals surface area (Å²) >= 11 is 0. The molecule has 1 aromatic heterocycles. The first-order valence-corrected chi connectivity index (χ1v) is 8.20. The fourth-order valence-corrected chi connectivity index (χ4v) is 3.55. The van der Waals surface area contributed by atoms with Crippen molar-refractivity contribution in [3.8, 4) is 11.4 Å². The van der Waals surface area contributed by atoms with Crippen molar-refractivity contribution in [1.82, 2.24) is 19.6 Å². The van der Waals surface area contributed by atoms with Crippen LogP contribution in [0.4, 0.5) is 0 Å².